The lowest BCUT2D eigenvalue weighted by atomic mass is 9.76. The first kappa shape index (κ1) is 15.3. The highest BCUT2D eigenvalue weighted by Crippen LogP contribution is 2.36. The van der Waals surface area contributed by atoms with Gasteiger partial charge in [-0.2, -0.15) is 0 Å². The quantitative estimate of drug-likeness (QED) is 0.860. The molecule has 0 fully saturated rings. The van der Waals surface area contributed by atoms with Gasteiger partial charge >= 0.3 is 5.97 Å². The Morgan fingerprint density at radius 1 is 1.43 bits per heavy atom. The summed E-state index contributed by atoms with van der Waals surface area (Å²) in [6.45, 7) is 1.81. The molecule has 1 heterocycles. The average Bonchev–Trinajstić information content (AvgIpc) is 2.46. The number of hydrogen-bond donors (Lipinski definition) is 1. The van der Waals surface area contributed by atoms with E-state index < -0.39 is 11.4 Å². The number of benzene rings is 1. The van der Waals surface area contributed by atoms with Crippen LogP contribution in [0.5, 0.6) is 5.75 Å². The summed E-state index contributed by atoms with van der Waals surface area (Å²) < 4.78 is 5.21. The number of aromatic nitrogens is 2. The summed E-state index contributed by atoms with van der Waals surface area (Å²) in [7, 11) is 1.56. The molecule has 1 aromatic heterocycles. The van der Waals surface area contributed by atoms with E-state index in [9.17, 15) is 9.90 Å². The van der Waals surface area contributed by atoms with Crippen LogP contribution >= 0.6 is 11.6 Å². The van der Waals surface area contributed by atoms with Crippen molar-refractivity contribution in [1.82, 2.24) is 9.97 Å². The Kier molecular flexibility index (Phi) is 4.43. The Labute approximate surface area is 127 Å². The fraction of sp³-hybridized carbons (Fsp3) is 0.267. The minimum Gasteiger partial charge on any atom is -0.497 e. The molecule has 0 aliphatic heterocycles. The van der Waals surface area contributed by atoms with Crippen molar-refractivity contribution in [3.63, 3.8) is 0 Å². The van der Waals surface area contributed by atoms with Crippen molar-refractivity contribution in [2.45, 2.75) is 18.8 Å². The number of nitrogens with zero attached hydrogens (tertiary/aromatic N) is 2. The van der Waals surface area contributed by atoms with Crippen LogP contribution in [0.3, 0.4) is 0 Å². The second-order valence-electron chi connectivity index (χ2n) is 4.85. The van der Waals surface area contributed by atoms with Crippen molar-refractivity contribution in [3.05, 3.63) is 53.1 Å². The number of carboxylic acid groups (broad SMARTS) is 1. The molecule has 2 rings (SSSR count). The molecule has 1 N–H and O–H groups in total. The molecule has 0 saturated carbocycles. The first-order chi connectivity index (χ1) is 9.95. The van der Waals surface area contributed by atoms with Gasteiger partial charge in [0.2, 0.25) is 5.28 Å². The second kappa shape index (κ2) is 6.10. The van der Waals surface area contributed by atoms with E-state index in [2.05, 4.69) is 9.97 Å². The fourth-order valence-electron chi connectivity index (χ4n) is 2.25. The maximum absolute atomic E-state index is 11.3. The van der Waals surface area contributed by atoms with E-state index in [1.807, 2.05) is 19.1 Å². The van der Waals surface area contributed by atoms with E-state index in [0.29, 0.717) is 11.4 Å². The summed E-state index contributed by atoms with van der Waals surface area (Å²) in [5.74, 6) is -0.265. The lowest BCUT2D eigenvalue weighted by molar-refractivity contribution is -0.138. The molecule has 0 saturated heterocycles. The van der Waals surface area contributed by atoms with Crippen LogP contribution in [0, 0.1) is 0 Å². The van der Waals surface area contributed by atoms with Crippen molar-refractivity contribution in [1.29, 1.82) is 0 Å². The van der Waals surface area contributed by atoms with Crippen molar-refractivity contribution in [2.24, 2.45) is 0 Å². The highest BCUT2D eigenvalue weighted by atomic mass is 35.5. The summed E-state index contributed by atoms with van der Waals surface area (Å²) in [5, 5.41) is 9.35. The molecule has 0 aliphatic carbocycles. The van der Waals surface area contributed by atoms with Crippen LogP contribution < -0.4 is 4.74 Å². The molecule has 6 heteroatoms. The zero-order chi connectivity index (χ0) is 15.5. The monoisotopic (exact) mass is 306 g/mol. The number of halogens is 1. The maximum atomic E-state index is 11.3. The number of hydrogen-bond acceptors (Lipinski definition) is 4. The van der Waals surface area contributed by atoms with Crippen LogP contribution in [0.25, 0.3) is 0 Å². The lowest BCUT2D eigenvalue weighted by Gasteiger charge is -2.28. The number of methoxy groups -OCH3 is 1. The lowest BCUT2D eigenvalue weighted by Crippen LogP contribution is -2.28. The van der Waals surface area contributed by atoms with Gasteiger partial charge in [0.25, 0.3) is 0 Å². The summed E-state index contributed by atoms with van der Waals surface area (Å²) in [6, 6.07) is 8.95. The molecule has 110 valence electrons. The van der Waals surface area contributed by atoms with Gasteiger partial charge < -0.3 is 9.84 Å². The molecule has 0 aliphatic rings. The average molecular weight is 307 g/mol. The Balaban J connectivity index is 2.58. The summed E-state index contributed by atoms with van der Waals surface area (Å²) in [6.07, 6.45) is 1.40. The first-order valence-corrected chi connectivity index (χ1v) is 6.69. The first-order valence-electron chi connectivity index (χ1n) is 6.31. The highest BCUT2D eigenvalue weighted by molar-refractivity contribution is 6.28. The number of ether oxygens (including phenoxy) is 1. The Morgan fingerprint density at radius 3 is 2.81 bits per heavy atom. The molecular weight excluding hydrogens is 292 g/mol. The molecule has 1 unspecified atom stereocenters. The van der Waals surface area contributed by atoms with Crippen molar-refractivity contribution >= 4 is 17.6 Å². The highest BCUT2D eigenvalue weighted by Gasteiger charge is 2.34. The Hall–Kier alpha value is -2.14. The normalized spacial score (nSPS) is 13.5. The third-order valence-corrected chi connectivity index (χ3v) is 3.59. The molecule has 2 aromatic rings. The van der Waals surface area contributed by atoms with E-state index in [4.69, 9.17) is 16.3 Å². The predicted octanol–water partition coefficient (Wildman–Crippen LogP) is 2.92. The topological polar surface area (TPSA) is 72.3 Å². The molecule has 1 aromatic carbocycles. The summed E-state index contributed by atoms with van der Waals surface area (Å²) in [4.78, 5) is 19.3. The van der Waals surface area contributed by atoms with E-state index in [-0.39, 0.29) is 11.7 Å². The minimum absolute atomic E-state index is 0.0898. The van der Waals surface area contributed by atoms with E-state index >= 15 is 0 Å². The van der Waals surface area contributed by atoms with Gasteiger partial charge in [0, 0.05) is 11.6 Å². The fourth-order valence-corrected chi connectivity index (χ4v) is 2.40. The van der Waals surface area contributed by atoms with Crippen LogP contribution in [-0.2, 0) is 10.2 Å². The van der Waals surface area contributed by atoms with Gasteiger partial charge in [-0.05, 0) is 42.3 Å². The third kappa shape index (κ3) is 3.31. The zero-order valence-electron chi connectivity index (χ0n) is 11.7. The second-order valence-corrected chi connectivity index (χ2v) is 5.18. The molecule has 1 atom stereocenters. The predicted molar refractivity (Wildman–Crippen MR) is 78.7 cm³/mol. The Morgan fingerprint density at radius 2 is 2.19 bits per heavy atom. The third-order valence-electron chi connectivity index (χ3n) is 3.40. The zero-order valence-corrected chi connectivity index (χ0v) is 12.5. The largest absolute Gasteiger partial charge is 0.497 e. The van der Waals surface area contributed by atoms with Crippen molar-refractivity contribution < 1.29 is 14.6 Å². The van der Waals surface area contributed by atoms with Crippen LogP contribution in [0.15, 0.2) is 36.5 Å². The van der Waals surface area contributed by atoms with E-state index in [1.54, 1.807) is 25.3 Å². The molecule has 21 heavy (non-hydrogen) atoms. The van der Waals surface area contributed by atoms with Gasteiger partial charge in [0.1, 0.15) is 5.75 Å². The summed E-state index contributed by atoms with van der Waals surface area (Å²) in [5.41, 5.74) is 0.518. The van der Waals surface area contributed by atoms with E-state index in [1.165, 1.54) is 6.20 Å². The van der Waals surface area contributed by atoms with Crippen LogP contribution in [-0.4, -0.2) is 28.2 Å². The standard InChI is InChI=1S/C15H15ClN2O3/c1-15(9-13(19)20,12-6-7-17-14(16)18-12)10-4-3-5-11(8-10)21-2/h3-8H,9H2,1-2H3,(H,19,20). The molecule has 0 spiro atoms. The van der Waals surface area contributed by atoms with Gasteiger partial charge in [-0.3, -0.25) is 4.79 Å². The van der Waals surface area contributed by atoms with Gasteiger partial charge in [-0.15, -0.1) is 0 Å². The van der Waals surface area contributed by atoms with E-state index in [0.717, 1.165) is 5.56 Å². The van der Waals surface area contributed by atoms with Gasteiger partial charge in [-0.25, -0.2) is 9.97 Å². The number of carbonyl (C=O) groups is 1. The van der Waals surface area contributed by atoms with Crippen LogP contribution in [0.4, 0.5) is 0 Å². The maximum Gasteiger partial charge on any atom is 0.304 e. The van der Waals surface area contributed by atoms with Gasteiger partial charge in [0.15, 0.2) is 0 Å². The number of rotatable bonds is 5. The van der Waals surface area contributed by atoms with Crippen LogP contribution in [0.2, 0.25) is 5.28 Å². The number of aliphatic carboxylic acids is 1. The van der Waals surface area contributed by atoms with Crippen LogP contribution in [0.1, 0.15) is 24.6 Å². The molecule has 0 bridgehead atoms. The van der Waals surface area contributed by atoms with Gasteiger partial charge in [-0.1, -0.05) is 12.1 Å². The SMILES string of the molecule is COc1cccc(C(C)(CC(=O)O)c2ccnc(Cl)n2)c1. The molecule has 5 nitrogen and oxygen atoms in total. The smallest absolute Gasteiger partial charge is 0.304 e. The van der Waals surface area contributed by atoms with Gasteiger partial charge in [0.05, 0.1) is 19.2 Å². The molecule has 0 radical (unpaired) electrons. The molecule has 0 amide bonds. The van der Waals surface area contributed by atoms with Crippen molar-refractivity contribution in [3.8, 4) is 5.75 Å². The van der Waals surface area contributed by atoms with Crippen molar-refractivity contribution in [2.75, 3.05) is 7.11 Å². The Bertz CT molecular complexity index is 663. The number of carboxylic acids is 1. The molecular formula is C15H15ClN2O3. The minimum atomic E-state index is -0.921. The summed E-state index contributed by atoms with van der Waals surface area (Å²) >= 11 is 5.84.